The average molecular weight is 731 g/mol. The van der Waals surface area contributed by atoms with E-state index in [0.29, 0.717) is 19.3 Å². The van der Waals surface area contributed by atoms with Gasteiger partial charge in [-0.3, -0.25) is 28.8 Å². The topological polar surface area (TPSA) is 192 Å². The number of carbonyl (C=O) groups excluding carboxylic acids is 7. The lowest BCUT2D eigenvalue weighted by Crippen LogP contribution is -2.62. The number of rotatable bonds is 16. The van der Waals surface area contributed by atoms with Crippen LogP contribution in [0.2, 0.25) is 0 Å². The van der Waals surface area contributed by atoms with E-state index in [-0.39, 0.29) is 41.8 Å². The minimum Gasteiger partial charge on any atom is -0.447 e. The van der Waals surface area contributed by atoms with Crippen molar-refractivity contribution in [2.45, 2.75) is 180 Å². The Morgan fingerprint density at radius 3 is 2.02 bits per heavy atom. The number of ketones is 1. The fourth-order valence-corrected chi connectivity index (χ4v) is 8.03. The van der Waals surface area contributed by atoms with Gasteiger partial charge in [-0.15, -0.1) is 0 Å². The zero-order valence-electron chi connectivity index (χ0n) is 32.0. The second-order valence-corrected chi connectivity index (χ2v) is 16.0. The Kier molecular flexibility index (Phi) is 14.9. The molecule has 3 unspecified atom stereocenters. The summed E-state index contributed by atoms with van der Waals surface area (Å²) in [6, 6.07) is -4.94. The molecule has 0 spiro atoms. The second-order valence-electron chi connectivity index (χ2n) is 16.0. The van der Waals surface area contributed by atoms with E-state index in [1.54, 1.807) is 18.7 Å². The van der Waals surface area contributed by atoms with E-state index in [9.17, 15) is 33.6 Å². The molecule has 0 aromatic carbocycles. The molecule has 1 heterocycles. The predicted molar refractivity (Wildman–Crippen MR) is 193 cm³/mol. The smallest absolute Gasteiger partial charge is 0.408 e. The number of hydrogen-bond donors (Lipinski definition) is 5. The van der Waals surface area contributed by atoms with E-state index >= 15 is 0 Å². The number of likely N-dealkylation sites (tertiary alicyclic amines) is 1. The number of Topliss-reactive ketones (excluding diaryl/α,β-unsaturated/α-hetero) is 1. The van der Waals surface area contributed by atoms with Gasteiger partial charge in [0.2, 0.25) is 29.4 Å². The van der Waals surface area contributed by atoms with Gasteiger partial charge in [0.15, 0.2) is 0 Å². The van der Waals surface area contributed by atoms with Gasteiger partial charge >= 0.3 is 6.09 Å². The van der Waals surface area contributed by atoms with E-state index < -0.39 is 65.7 Å². The highest BCUT2D eigenvalue weighted by molar-refractivity contribution is 6.38. The molecular formula is C38H62N6O8. The zero-order valence-corrected chi connectivity index (χ0v) is 32.0. The van der Waals surface area contributed by atoms with Crippen LogP contribution in [-0.4, -0.2) is 94.7 Å². The molecule has 7 atom stereocenters. The van der Waals surface area contributed by atoms with Crippen LogP contribution in [0.4, 0.5) is 4.79 Å². The SMILES string of the molecule is CCCC(NC(=O)[C@@H]1C[C@@H]2CCCC[C@@H]2N1C(=O)[C@@H](NC(=O)C(NC(=O)C(C)NC(=O)OC(C)C)C1CCCCC1)C(C)C)C(=O)C(=O)NC1CC1. The maximum atomic E-state index is 14.7. The molecule has 5 N–H and O–H groups in total. The number of alkyl carbamates (subject to hydrolysis) is 1. The van der Waals surface area contributed by atoms with E-state index in [1.165, 1.54) is 6.92 Å². The molecule has 0 aromatic heterocycles. The molecule has 0 bridgehead atoms. The van der Waals surface area contributed by atoms with Crippen molar-refractivity contribution in [1.29, 1.82) is 0 Å². The molecule has 292 valence electrons. The molecule has 14 nitrogen and oxygen atoms in total. The molecule has 6 amide bonds. The Hall–Kier alpha value is -3.71. The molecule has 4 rings (SSSR count). The number of amides is 6. The van der Waals surface area contributed by atoms with Crippen molar-refractivity contribution in [2.24, 2.45) is 17.8 Å². The molecule has 3 aliphatic carbocycles. The highest BCUT2D eigenvalue weighted by atomic mass is 16.6. The van der Waals surface area contributed by atoms with E-state index in [1.807, 2.05) is 20.8 Å². The van der Waals surface area contributed by atoms with Crippen LogP contribution in [0.3, 0.4) is 0 Å². The van der Waals surface area contributed by atoms with E-state index in [4.69, 9.17) is 4.74 Å². The number of nitrogens with one attached hydrogen (secondary N) is 5. The molecule has 3 saturated carbocycles. The number of ether oxygens (including phenoxy) is 1. The lowest BCUT2D eigenvalue weighted by Gasteiger charge is -2.38. The monoisotopic (exact) mass is 730 g/mol. The van der Waals surface area contributed by atoms with Crippen LogP contribution in [0, 0.1) is 17.8 Å². The van der Waals surface area contributed by atoms with Gasteiger partial charge in [0.1, 0.15) is 24.2 Å². The fraction of sp³-hybridized carbons (Fsp3) is 0.816. The summed E-state index contributed by atoms with van der Waals surface area (Å²) < 4.78 is 5.11. The maximum absolute atomic E-state index is 14.7. The largest absolute Gasteiger partial charge is 0.447 e. The molecular weight excluding hydrogens is 668 g/mol. The minimum atomic E-state index is -1.000. The van der Waals surface area contributed by atoms with Crippen molar-refractivity contribution >= 4 is 41.4 Å². The van der Waals surface area contributed by atoms with Crippen LogP contribution < -0.4 is 26.6 Å². The molecule has 1 aliphatic heterocycles. The van der Waals surface area contributed by atoms with Crippen LogP contribution in [0.1, 0.15) is 131 Å². The third-order valence-electron chi connectivity index (χ3n) is 11.0. The Bertz CT molecular complexity index is 1310. The van der Waals surface area contributed by atoms with E-state index in [2.05, 4.69) is 26.6 Å². The zero-order chi connectivity index (χ0) is 38.1. The standard InChI is InChI=1S/C38H62N6O8/c1-7-13-27(32(45)36(49)40-26-18-19-26)41-34(47)29-20-25-16-11-12-17-28(25)44(29)37(50)30(21(2)3)42-35(48)31(24-14-9-8-10-15-24)43-33(46)23(6)39-38(51)52-22(4)5/h21-31H,7-20H2,1-6H3,(H,39,51)(H,40,49)(H,41,47)(H,42,48)(H,43,46)/t23?,25-,27?,28-,29-,30-,31?/m0/s1. The van der Waals surface area contributed by atoms with Gasteiger partial charge in [-0.25, -0.2) is 4.79 Å². The molecule has 0 aromatic rings. The van der Waals surface area contributed by atoms with E-state index in [0.717, 1.165) is 70.6 Å². The minimum absolute atomic E-state index is 0.00305. The molecule has 52 heavy (non-hydrogen) atoms. The quantitative estimate of drug-likeness (QED) is 0.150. The number of fused-ring (bicyclic) bond motifs is 1. The maximum Gasteiger partial charge on any atom is 0.408 e. The molecule has 14 heteroatoms. The van der Waals surface area contributed by atoms with Crippen molar-refractivity contribution in [1.82, 2.24) is 31.5 Å². The van der Waals surface area contributed by atoms with Crippen LogP contribution >= 0.6 is 0 Å². The van der Waals surface area contributed by atoms with Gasteiger partial charge in [0.25, 0.3) is 5.91 Å². The van der Waals surface area contributed by atoms with Gasteiger partial charge in [0.05, 0.1) is 12.1 Å². The van der Waals surface area contributed by atoms with Crippen molar-refractivity contribution in [2.75, 3.05) is 0 Å². The van der Waals surface area contributed by atoms with Crippen molar-refractivity contribution < 1.29 is 38.3 Å². The molecule has 0 radical (unpaired) electrons. The molecule has 4 fully saturated rings. The van der Waals surface area contributed by atoms with Gasteiger partial charge in [-0.2, -0.15) is 0 Å². The summed E-state index contributed by atoms with van der Waals surface area (Å²) in [5.74, 6) is -3.65. The Morgan fingerprint density at radius 2 is 1.40 bits per heavy atom. The van der Waals surface area contributed by atoms with Crippen LogP contribution in [0.5, 0.6) is 0 Å². The first-order valence-electron chi connectivity index (χ1n) is 19.8. The number of hydrogen-bond acceptors (Lipinski definition) is 8. The highest BCUT2D eigenvalue weighted by Crippen LogP contribution is 2.40. The Labute approximate surface area is 308 Å². The first-order chi connectivity index (χ1) is 24.7. The first-order valence-corrected chi connectivity index (χ1v) is 19.8. The van der Waals surface area contributed by atoms with Crippen LogP contribution in [0.25, 0.3) is 0 Å². The van der Waals surface area contributed by atoms with Crippen molar-refractivity contribution in [3.05, 3.63) is 0 Å². The first kappa shape index (κ1) is 41.1. The van der Waals surface area contributed by atoms with Gasteiger partial charge < -0.3 is 36.2 Å². The Morgan fingerprint density at radius 1 is 0.750 bits per heavy atom. The van der Waals surface area contributed by atoms with Crippen molar-refractivity contribution in [3.8, 4) is 0 Å². The third-order valence-corrected chi connectivity index (χ3v) is 11.0. The summed E-state index contributed by atoms with van der Waals surface area (Å²) in [6.07, 6.45) is 9.64. The van der Waals surface area contributed by atoms with Gasteiger partial charge in [-0.05, 0) is 89.9 Å². The highest BCUT2D eigenvalue weighted by Gasteiger charge is 2.50. The summed E-state index contributed by atoms with van der Waals surface area (Å²) in [7, 11) is 0. The van der Waals surface area contributed by atoms with Crippen molar-refractivity contribution in [3.63, 3.8) is 0 Å². The van der Waals surface area contributed by atoms with Gasteiger partial charge in [-0.1, -0.05) is 59.3 Å². The summed E-state index contributed by atoms with van der Waals surface area (Å²) >= 11 is 0. The second kappa shape index (κ2) is 18.9. The van der Waals surface area contributed by atoms with Gasteiger partial charge in [0, 0.05) is 12.1 Å². The van der Waals surface area contributed by atoms with Crippen LogP contribution in [0.15, 0.2) is 0 Å². The number of carbonyl (C=O) groups is 7. The summed E-state index contributed by atoms with van der Waals surface area (Å²) in [6.45, 7) is 10.5. The summed E-state index contributed by atoms with van der Waals surface area (Å²) in [4.78, 5) is 95.8. The Balaban J connectivity index is 1.53. The summed E-state index contributed by atoms with van der Waals surface area (Å²) in [5, 5.41) is 13.9. The van der Waals surface area contributed by atoms with Crippen LogP contribution in [-0.2, 0) is 33.5 Å². The molecule has 4 aliphatic rings. The lowest BCUT2D eigenvalue weighted by atomic mass is 9.83. The molecule has 1 saturated heterocycles. The lowest BCUT2D eigenvalue weighted by molar-refractivity contribution is -0.146. The fourth-order valence-electron chi connectivity index (χ4n) is 8.03. The predicted octanol–water partition coefficient (Wildman–Crippen LogP) is 3.01. The average Bonchev–Trinajstić information content (AvgIpc) is 3.83. The normalized spacial score (nSPS) is 24.2. The number of nitrogens with zero attached hydrogens (tertiary/aromatic N) is 1. The summed E-state index contributed by atoms with van der Waals surface area (Å²) in [5.41, 5.74) is 0. The third kappa shape index (κ3) is 10.9.